The van der Waals surface area contributed by atoms with Gasteiger partial charge in [0.15, 0.2) is 0 Å². The first kappa shape index (κ1) is 15.7. The van der Waals surface area contributed by atoms with Crippen molar-refractivity contribution in [3.05, 3.63) is 27.0 Å². The fraction of sp³-hybridized carbons (Fsp3) is 0.538. The van der Waals surface area contributed by atoms with Crippen LogP contribution in [0.2, 0.25) is 0 Å². The fourth-order valence-corrected chi connectivity index (χ4v) is 2.81. The average molecular weight is 357 g/mol. The number of nitro groups is 1. The standard InChI is InChI=1S/C13H17BrN4O3/c1-9(13(19)17-5-3-2-4-6-17)16-12-10(14)7-15-8-11(12)18(20)21/h7-9H,2-6H2,1H3,(H,15,16). The summed E-state index contributed by atoms with van der Waals surface area (Å²) in [4.78, 5) is 28.5. The Morgan fingerprint density at radius 1 is 1.43 bits per heavy atom. The Labute approximate surface area is 131 Å². The first-order valence-electron chi connectivity index (χ1n) is 6.84. The Bertz CT molecular complexity index is 546. The van der Waals surface area contributed by atoms with Crippen LogP contribution in [0.3, 0.4) is 0 Å². The van der Waals surface area contributed by atoms with E-state index >= 15 is 0 Å². The van der Waals surface area contributed by atoms with Crippen molar-refractivity contribution in [2.45, 2.75) is 32.2 Å². The zero-order valence-electron chi connectivity index (χ0n) is 11.7. The number of pyridine rings is 1. The van der Waals surface area contributed by atoms with Gasteiger partial charge in [0.2, 0.25) is 5.91 Å². The third-order valence-corrected chi connectivity index (χ3v) is 4.08. The van der Waals surface area contributed by atoms with Gasteiger partial charge < -0.3 is 10.2 Å². The molecule has 1 unspecified atom stereocenters. The maximum absolute atomic E-state index is 12.4. The normalized spacial score (nSPS) is 16.4. The van der Waals surface area contributed by atoms with Crippen molar-refractivity contribution in [2.24, 2.45) is 0 Å². The van der Waals surface area contributed by atoms with Crippen molar-refractivity contribution < 1.29 is 9.72 Å². The zero-order chi connectivity index (χ0) is 15.4. The predicted octanol–water partition coefficient (Wildman–Crippen LogP) is 2.57. The summed E-state index contributed by atoms with van der Waals surface area (Å²) in [5.41, 5.74) is 0.135. The van der Waals surface area contributed by atoms with Gasteiger partial charge in [-0.1, -0.05) is 0 Å². The van der Waals surface area contributed by atoms with E-state index in [2.05, 4.69) is 26.2 Å². The van der Waals surface area contributed by atoms with Crippen molar-refractivity contribution in [3.8, 4) is 0 Å². The molecule has 1 N–H and O–H groups in total. The van der Waals surface area contributed by atoms with Crippen LogP contribution in [0.5, 0.6) is 0 Å². The van der Waals surface area contributed by atoms with E-state index in [1.807, 2.05) is 4.90 Å². The Balaban J connectivity index is 2.13. The Morgan fingerprint density at radius 2 is 2.10 bits per heavy atom. The van der Waals surface area contributed by atoms with Crippen molar-refractivity contribution in [1.82, 2.24) is 9.88 Å². The van der Waals surface area contributed by atoms with Gasteiger partial charge in [-0.15, -0.1) is 0 Å². The number of hydrogen-bond acceptors (Lipinski definition) is 5. The topological polar surface area (TPSA) is 88.4 Å². The van der Waals surface area contributed by atoms with Crippen LogP contribution in [0, 0.1) is 10.1 Å². The quantitative estimate of drug-likeness (QED) is 0.661. The molecule has 2 heterocycles. The highest BCUT2D eigenvalue weighted by atomic mass is 79.9. The molecule has 2 rings (SSSR count). The predicted molar refractivity (Wildman–Crippen MR) is 82.1 cm³/mol. The van der Waals surface area contributed by atoms with Crippen LogP contribution in [-0.4, -0.2) is 39.8 Å². The van der Waals surface area contributed by atoms with Crippen molar-refractivity contribution >= 4 is 33.2 Å². The van der Waals surface area contributed by atoms with Crippen molar-refractivity contribution in [2.75, 3.05) is 18.4 Å². The molecule has 1 aromatic rings. The Hall–Kier alpha value is -1.70. The summed E-state index contributed by atoms with van der Waals surface area (Å²) >= 11 is 3.23. The van der Waals surface area contributed by atoms with Gasteiger partial charge in [0.1, 0.15) is 17.9 Å². The van der Waals surface area contributed by atoms with E-state index < -0.39 is 11.0 Å². The molecular weight excluding hydrogens is 340 g/mol. The van der Waals surface area contributed by atoms with E-state index in [9.17, 15) is 14.9 Å². The molecule has 1 fully saturated rings. The molecule has 0 spiro atoms. The summed E-state index contributed by atoms with van der Waals surface area (Å²) < 4.78 is 0.468. The number of carbonyl (C=O) groups is 1. The van der Waals surface area contributed by atoms with E-state index in [1.54, 1.807) is 6.92 Å². The lowest BCUT2D eigenvalue weighted by molar-refractivity contribution is -0.384. The highest BCUT2D eigenvalue weighted by molar-refractivity contribution is 9.10. The SMILES string of the molecule is CC(Nc1c(Br)cncc1[N+](=O)[O-])C(=O)N1CCCCC1. The van der Waals surface area contributed by atoms with Crippen LogP contribution >= 0.6 is 15.9 Å². The van der Waals surface area contributed by atoms with Gasteiger partial charge >= 0.3 is 5.69 Å². The second-order valence-corrected chi connectivity index (χ2v) is 5.88. The molecule has 1 saturated heterocycles. The van der Waals surface area contributed by atoms with E-state index in [1.165, 1.54) is 12.4 Å². The molecule has 7 nitrogen and oxygen atoms in total. The molecular formula is C13H17BrN4O3. The van der Waals surface area contributed by atoms with Crippen LogP contribution in [0.25, 0.3) is 0 Å². The third-order valence-electron chi connectivity index (χ3n) is 3.48. The molecule has 114 valence electrons. The Morgan fingerprint density at radius 3 is 2.71 bits per heavy atom. The number of halogens is 1. The second-order valence-electron chi connectivity index (χ2n) is 5.02. The lowest BCUT2D eigenvalue weighted by atomic mass is 10.1. The molecule has 0 aliphatic carbocycles. The minimum Gasteiger partial charge on any atom is -0.367 e. The summed E-state index contributed by atoms with van der Waals surface area (Å²) in [6, 6.07) is -0.527. The maximum atomic E-state index is 12.4. The first-order valence-corrected chi connectivity index (χ1v) is 7.63. The van der Waals surface area contributed by atoms with Crippen LogP contribution in [0.1, 0.15) is 26.2 Å². The first-order chi connectivity index (χ1) is 10.0. The van der Waals surface area contributed by atoms with Crippen LogP contribution in [0.15, 0.2) is 16.9 Å². The van der Waals surface area contributed by atoms with E-state index in [-0.39, 0.29) is 17.3 Å². The van der Waals surface area contributed by atoms with Gasteiger partial charge in [0.25, 0.3) is 0 Å². The lowest BCUT2D eigenvalue weighted by Crippen LogP contribution is -2.44. The summed E-state index contributed by atoms with van der Waals surface area (Å²) in [7, 11) is 0. The number of amides is 1. The molecule has 1 aliphatic heterocycles. The molecule has 1 atom stereocenters. The van der Waals surface area contributed by atoms with Gasteiger partial charge in [0, 0.05) is 19.3 Å². The monoisotopic (exact) mass is 356 g/mol. The molecule has 1 aliphatic rings. The molecule has 8 heteroatoms. The lowest BCUT2D eigenvalue weighted by Gasteiger charge is -2.29. The number of likely N-dealkylation sites (tertiary alicyclic amines) is 1. The highest BCUT2D eigenvalue weighted by Crippen LogP contribution is 2.31. The van der Waals surface area contributed by atoms with E-state index in [0.29, 0.717) is 4.47 Å². The number of carbonyl (C=O) groups excluding carboxylic acids is 1. The van der Waals surface area contributed by atoms with Gasteiger partial charge in [0.05, 0.1) is 9.40 Å². The number of piperidine rings is 1. The minimum absolute atomic E-state index is 0.0345. The smallest absolute Gasteiger partial charge is 0.311 e. The number of aromatic nitrogens is 1. The number of anilines is 1. The average Bonchev–Trinajstić information content (AvgIpc) is 2.49. The summed E-state index contributed by atoms with van der Waals surface area (Å²) in [6.45, 7) is 3.22. The molecule has 0 radical (unpaired) electrons. The summed E-state index contributed by atoms with van der Waals surface area (Å²) in [6.07, 6.45) is 5.81. The molecule has 0 bridgehead atoms. The number of rotatable bonds is 4. The van der Waals surface area contributed by atoms with Gasteiger partial charge in [-0.3, -0.25) is 19.9 Å². The second kappa shape index (κ2) is 6.84. The van der Waals surface area contributed by atoms with Crippen molar-refractivity contribution in [1.29, 1.82) is 0 Å². The van der Waals surface area contributed by atoms with Crippen LogP contribution in [0.4, 0.5) is 11.4 Å². The molecule has 1 aromatic heterocycles. The van der Waals surface area contributed by atoms with Gasteiger partial charge in [-0.2, -0.15) is 0 Å². The summed E-state index contributed by atoms with van der Waals surface area (Å²) in [5, 5.41) is 14.0. The van der Waals surface area contributed by atoms with E-state index in [4.69, 9.17) is 0 Å². The number of hydrogen-bond donors (Lipinski definition) is 1. The number of nitrogens with zero attached hydrogens (tertiary/aromatic N) is 3. The summed E-state index contributed by atoms with van der Waals surface area (Å²) in [5.74, 6) is -0.0345. The van der Waals surface area contributed by atoms with E-state index in [0.717, 1.165) is 32.4 Å². The fourth-order valence-electron chi connectivity index (χ4n) is 2.37. The zero-order valence-corrected chi connectivity index (χ0v) is 13.3. The third kappa shape index (κ3) is 3.69. The van der Waals surface area contributed by atoms with Crippen LogP contribution in [-0.2, 0) is 4.79 Å². The number of nitrogens with one attached hydrogen (secondary N) is 1. The molecule has 0 aromatic carbocycles. The molecule has 1 amide bonds. The van der Waals surface area contributed by atoms with Crippen molar-refractivity contribution in [3.63, 3.8) is 0 Å². The molecule has 0 saturated carbocycles. The highest BCUT2D eigenvalue weighted by Gasteiger charge is 2.25. The minimum atomic E-state index is -0.527. The van der Waals surface area contributed by atoms with Gasteiger partial charge in [-0.05, 0) is 42.1 Å². The molecule has 21 heavy (non-hydrogen) atoms. The van der Waals surface area contributed by atoms with Gasteiger partial charge in [-0.25, -0.2) is 0 Å². The van der Waals surface area contributed by atoms with Crippen LogP contribution < -0.4 is 5.32 Å². The Kier molecular flexibility index (Phi) is 5.11. The largest absolute Gasteiger partial charge is 0.367 e. The maximum Gasteiger partial charge on any atom is 0.311 e.